The van der Waals surface area contributed by atoms with Gasteiger partial charge < -0.3 is 10.6 Å². The van der Waals surface area contributed by atoms with Crippen molar-refractivity contribution in [2.75, 3.05) is 4.90 Å². The van der Waals surface area contributed by atoms with Crippen LogP contribution in [0.25, 0.3) is 0 Å². The molecule has 0 saturated heterocycles. The van der Waals surface area contributed by atoms with E-state index in [-0.39, 0.29) is 0 Å². The summed E-state index contributed by atoms with van der Waals surface area (Å²) in [6, 6.07) is 8.94. The molecular weight excluding hydrogens is 274 g/mol. The molecule has 1 fully saturated rings. The van der Waals surface area contributed by atoms with Gasteiger partial charge in [0.15, 0.2) is 0 Å². The first-order chi connectivity index (χ1) is 9.24. The summed E-state index contributed by atoms with van der Waals surface area (Å²) in [7, 11) is 0. The van der Waals surface area contributed by atoms with Gasteiger partial charge in [-0.3, -0.25) is 4.98 Å². The Balaban J connectivity index is 1.87. The Labute approximate surface area is 122 Å². The average Bonchev–Trinajstić information content (AvgIpc) is 3.13. The fraction of sp³-hybridized carbons (Fsp3) is 0.286. The van der Waals surface area contributed by atoms with Gasteiger partial charge in [0.25, 0.3) is 0 Å². The van der Waals surface area contributed by atoms with Crippen LogP contribution >= 0.6 is 23.6 Å². The lowest BCUT2D eigenvalue weighted by atomic mass is 10.2. The third-order valence-electron chi connectivity index (χ3n) is 3.22. The van der Waals surface area contributed by atoms with Crippen LogP contribution in [0.3, 0.4) is 0 Å². The zero-order chi connectivity index (χ0) is 13.2. The molecule has 3 nitrogen and oxygen atoms in total. The van der Waals surface area contributed by atoms with E-state index in [0.717, 1.165) is 12.2 Å². The third-order valence-corrected chi connectivity index (χ3v) is 4.29. The number of pyridine rings is 1. The van der Waals surface area contributed by atoms with Crippen molar-refractivity contribution in [3.8, 4) is 0 Å². The van der Waals surface area contributed by atoms with Gasteiger partial charge in [0.1, 0.15) is 4.99 Å². The molecule has 19 heavy (non-hydrogen) atoms. The quantitative estimate of drug-likeness (QED) is 0.859. The first-order valence-corrected chi connectivity index (χ1v) is 7.58. The fourth-order valence-corrected chi connectivity index (χ4v) is 2.93. The van der Waals surface area contributed by atoms with Crippen molar-refractivity contribution in [2.45, 2.75) is 25.4 Å². The van der Waals surface area contributed by atoms with Gasteiger partial charge in [-0.25, -0.2) is 0 Å². The first kappa shape index (κ1) is 12.6. The molecule has 2 N–H and O–H groups in total. The molecule has 1 aliphatic rings. The van der Waals surface area contributed by atoms with E-state index in [0.29, 0.717) is 16.7 Å². The fourth-order valence-electron chi connectivity index (χ4n) is 2.12. The minimum atomic E-state index is 0.355. The van der Waals surface area contributed by atoms with E-state index in [9.17, 15) is 0 Å². The lowest BCUT2D eigenvalue weighted by Crippen LogP contribution is -2.25. The van der Waals surface area contributed by atoms with Gasteiger partial charge in [0.05, 0.1) is 12.2 Å². The van der Waals surface area contributed by atoms with Gasteiger partial charge in [-0.1, -0.05) is 18.3 Å². The highest BCUT2D eigenvalue weighted by Gasteiger charge is 2.29. The molecule has 0 aliphatic heterocycles. The average molecular weight is 289 g/mol. The predicted octanol–water partition coefficient (Wildman–Crippen LogP) is 2.95. The van der Waals surface area contributed by atoms with E-state index in [4.69, 9.17) is 18.0 Å². The van der Waals surface area contributed by atoms with Gasteiger partial charge in [0, 0.05) is 22.8 Å². The number of thiocarbonyl (C=S) groups is 1. The number of hydrogen-bond donors (Lipinski definition) is 1. The van der Waals surface area contributed by atoms with Crippen molar-refractivity contribution in [1.29, 1.82) is 0 Å². The maximum atomic E-state index is 5.66. The molecule has 5 heteroatoms. The van der Waals surface area contributed by atoms with E-state index in [1.165, 1.54) is 17.7 Å². The van der Waals surface area contributed by atoms with Gasteiger partial charge in [-0.2, -0.15) is 0 Å². The monoisotopic (exact) mass is 289 g/mol. The van der Waals surface area contributed by atoms with Gasteiger partial charge in [-0.15, -0.1) is 11.3 Å². The standard InChI is InChI=1S/C14H15N3S2/c15-14(18)13-8-11(5-6-16-13)17(10-3-4-10)9-12-2-1-7-19-12/h1-2,5-8,10H,3-4,9H2,(H2,15,18). The van der Waals surface area contributed by atoms with Crippen molar-refractivity contribution < 1.29 is 0 Å². The SMILES string of the molecule is NC(=S)c1cc(N(Cc2cccs2)C2CC2)ccn1. The summed E-state index contributed by atoms with van der Waals surface area (Å²) in [5.74, 6) is 0. The highest BCUT2D eigenvalue weighted by Crippen LogP contribution is 2.33. The summed E-state index contributed by atoms with van der Waals surface area (Å²) in [6.45, 7) is 0.948. The smallest absolute Gasteiger partial charge is 0.122 e. The number of nitrogens with zero attached hydrogens (tertiary/aromatic N) is 2. The summed E-state index contributed by atoms with van der Waals surface area (Å²) in [6.07, 6.45) is 4.31. The molecule has 0 unspecified atom stereocenters. The second kappa shape index (κ2) is 5.27. The normalized spacial score (nSPS) is 14.3. The summed E-state index contributed by atoms with van der Waals surface area (Å²) in [4.78, 5) is 8.36. The van der Waals surface area contributed by atoms with Crippen LogP contribution in [0.5, 0.6) is 0 Å². The van der Waals surface area contributed by atoms with Gasteiger partial charge in [-0.05, 0) is 36.4 Å². The lowest BCUT2D eigenvalue weighted by Gasteiger charge is -2.24. The molecule has 0 spiro atoms. The van der Waals surface area contributed by atoms with Crippen LogP contribution in [0.4, 0.5) is 5.69 Å². The van der Waals surface area contributed by atoms with E-state index >= 15 is 0 Å². The molecule has 0 atom stereocenters. The Hall–Kier alpha value is -1.46. The lowest BCUT2D eigenvalue weighted by molar-refractivity contribution is 0.802. The van der Waals surface area contributed by atoms with Crippen molar-refractivity contribution in [3.63, 3.8) is 0 Å². The van der Waals surface area contributed by atoms with Crippen LogP contribution in [-0.2, 0) is 6.54 Å². The highest BCUT2D eigenvalue weighted by atomic mass is 32.1. The number of rotatable bonds is 5. The Morgan fingerprint density at radius 3 is 2.95 bits per heavy atom. The summed E-state index contributed by atoms with van der Waals surface area (Å²) >= 11 is 6.80. The van der Waals surface area contributed by atoms with Crippen LogP contribution in [-0.4, -0.2) is 16.0 Å². The molecule has 2 aromatic rings. The van der Waals surface area contributed by atoms with Gasteiger partial charge >= 0.3 is 0 Å². The maximum absolute atomic E-state index is 5.66. The van der Waals surface area contributed by atoms with Crippen molar-refractivity contribution >= 4 is 34.2 Å². The zero-order valence-electron chi connectivity index (χ0n) is 10.5. The minimum absolute atomic E-state index is 0.355. The molecule has 1 aliphatic carbocycles. The van der Waals surface area contributed by atoms with Crippen LogP contribution in [0.2, 0.25) is 0 Å². The van der Waals surface area contributed by atoms with Crippen LogP contribution in [0, 0.1) is 0 Å². The molecule has 1 saturated carbocycles. The Morgan fingerprint density at radius 2 is 2.32 bits per heavy atom. The third kappa shape index (κ3) is 2.93. The van der Waals surface area contributed by atoms with Crippen molar-refractivity contribution in [1.82, 2.24) is 4.98 Å². The topological polar surface area (TPSA) is 42.1 Å². The summed E-state index contributed by atoms with van der Waals surface area (Å²) in [5.41, 5.74) is 7.52. The molecule has 0 amide bonds. The minimum Gasteiger partial charge on any atom is -0.388 e. The highest BCUT2D eigenvalue weighted by molar-refractivity contribution is 7.80. The van der Waals surface area contributed by atoms with E-state index < -0.39 is 0 Å². The van der Waals surface area contributed by atoms with E-state index in [1.807, 2.05) is 12.1 Å². The molecule has 2 heterocycles. The Morgan fingerprint density at radius 1 is 1.47 bits per heavy atom. The molecule has 3 rings (SSSR count). The molecule has 2 aromatic heterocycles. The summed E-state index contributed by atoms with van der Waals surface area (Å²) in [5, 5.41) is 2.12. The van der Waals surface area contributed by atoms with E-state index in [2.05, 4.69) is 27.4 Å². The largest absolute Gasteiger partial charge is 0.388 e. The van der Waals surface area contributed by atoms with Crippen LogP contribution < -0.4 is 10.6 Å². The van der Waals surface area contributed by atoms with Gasteiger partial charge in [0.2, 0.25) is 0 Å². The second-order valence-corrected chi connectivity index (χ2v) is 6.17. The van der Waals surface area contributed by atoms with Crippen molar-refractivity contribution in [2.24, 2.45) is 5.73 Å². The first-order valence-electron chi connectivity index (χ1n) is 6.29. The second-order valence-electron chi connectivity index (χ2n) is 4.70. The number of thiophene rings is 1. The van der Waals surface area contributed by atoms with Crippen LogP contribution in [0.15, 0.2) is 35.8 Å². The van der Waals surface area contributed by atoms with Crippen molar-refractivity contribution in [3.05, 3.63) is 46.4 Å². The zero-order valence-corrected chi connectivity index (χ0v) is 12.1. The van der Waals surface area contributed by atoms with Crippen LogP contribution in [0.1, 0.15) is 23.4 Å². The molecule has 0 bridgehead atoms. The molecule has 0 aromatic carbocycles. The maximum Gasteiger partial charge on any atom is 0.122 e. The number of hydrogen-bond acceptors (Lipinski definition) is 4. The Bertz CT molecular complexity index is 576. The number of aromatic nitrogens is 1. The van der Waals surface area contributed by atoms with E-state index in [1.54, 1.807) is 17.5 Å². The molecule has 98 valence electrons. The summed E-state index contributed by atoms with van der Waals surface area (Å²) < 4.78 is 0. The molecule has 0 radical (unpaired) electrons. The predicted molar refractivity (Wildman–Crippen MR) is 83.6 cm³/mol. The number of nitrogens with two attached hydrogens (primary N) is 1. The number of anilines is 1. The molecular formula is C14H15N3S2. The Kier molecular flexibility index (Phi) is 3.48.